The molecule has 0 saturated carbocycles. The Morgan fingerprint density at radius 1 is 1.24 bits per heavy atom. The van der Waals surface area contributed by atoms with Gasteiger partial charge >= 0.3 is 0 Å². The molecule has 0 aromatic heterocycles. The summed E-state index contributed by atoms with van der Waals surface area (Å²) in [5, 5.41) is 10.1. The number of carbonyl (C=O) groups is 1. The summed E-state index contributed by atoms with van der Waals surface area (Å²) in [6.45, 7) is 4.34. The second-order valence-corrected chi connectivity index (χ2v) is 5.02. The highest BCUT2D eigenvalue weighted by Crippen LogP contribution is 2.26. The van der Waals surface area contributed by atoms with Crippen molar-refractivity contribution < 1.29 is 9.90 Å². The molecule has 0 atom stereocenters. The average molecular weight is 284 g/mol. The van der Waals surface area contributed by atoms with Gasteiger partial charge in [-0.15, -0.1) is 0 Å². The van der Waals surface area contributed by atoms with Crippen LogP contribution in [0, 0.1) is 6.92 Å². The van der Waals surface area contributed by atoms with Crippen LogP contribution >= 0.6 is 0 Å². The summed E-state index contributed by atoms with van der Waals surface area (Å²) < 4.78 is 0. The zero-order valence-electron chi connectivity index (χ0n) is 12.3. The van der Waals surface area contributed by atoms with E-state index in [1.54, 1.807) is 42.2 Å². The summed E-state index contributed by atoms with van der Waals surface area (Å²) in [7, 11) is 0. The number of carbonyl (C=O) groups excluding carboxylic acids is 1. The molecule has 4 nitrogen and oxygen atoms in total. The molecule has 0 spiro atoms. The zero-order valence-corrected chi connectivity index (χ0v) is 12.3. The molecule has 21 heavy (non-hydrogen) atoms. The number of anilines is 2. The van der Waals surface area contributed by atoms with Crippen LogP contribution in [0.1, 0.15) is 29.3 Å². The Labute approximate surface area is 124 Å². The molecular weight excluding hydrogens is 264 g/mol. The molecule has 110 valence electrons. The van der Waals surface area contributed by atoms with Gasteiger partial charge in [-0.3, -0.25) is 4.79 Å². The van der Waals surface area contributed by atoms with Gasteiger partial charge in [0, 0.05) is 17.9 Å². The van der Waals surface area contributed by atoms with Crippen molar-refractivity contribution in [2.24, 2.45) is 0 Å². The average Bonchev–Trinajstić information content (AvgIpc) is 2.47. The first-order valence-corrected chi connectivity index (χ1v) is 7.00. The topological polar surface area (TPSA) is 66.6 Å². The van der Waals surface area contributed by atoms with Crippen molar-refractivity contribution in [2.45, 2.75) is 20.3 Å². The Hall–Kier alpha value is -2.49. The third-order valence-electron chi connectivity index (χ3n) is 3.34. The van der Waals surface area contributed by atoms with Crippen molar-refractivity contribution in [3.05, 3.63) is 53.6 Å². The van der Waals surface area contributed by atoms with E-state index < -0.39 is 0 Å². The van der Waals surface area contributed by atoms with E-state index in [0.717, 1.165) is 12.1 Å². The minimum absolute atomic E-state index is 0.0347. The summed E-state index contributed by atoms with van der Waals surface area (Å²) in [6, 6.07) is 12.4. The summed E-state index contributed by atoms with van der Waals surface area (Å²) in [5.41, 5.74) is 8.14. The molecule has 0 saturated heterocycles. The zero-order chi connectivity index (χ0) is 15.4. The first kappa shape index (κ1) is 14.9. The minimum Gasteiger partial charge on any atom is -0.507 e. The number of nitrogens with two attached hydrogens (primary N) is 1. The number of phenolic OH excluding ortho intramolecular Hbond substituents is 1. The molecule has 0 fully saturated rings. The van der Waals surface area contributed by atoms with Gasteiger partial charge in [0.2, 0.25) is 0 Å². The highest BCUT2D eigenvalue weighted by atomic mass is 16.3. The summed E-state index contributed by atoms with van der Waals surface area (Å²) >= 11 is 0. The molecule has 2 rings (SSSR count). The Kier molecular flexibility index (Phi) is 4.48. The monoisotopic (exact) mass is 284 g/mol. The third kappa shape index (κ3) is 3.16. The number of rotatable bonds is 4. The summed E-state index contributed by atoms with van der Waals surface area (Å²) in [5.74, 6) is -0.184. The van der Waals surface area contributed by atoms with Crippen molar-refractivity contribution in [1.82, 2.24) is 0 Å². The minimum atomic E-state index is -0.219. The van der Waals surface area contributed by atoms with E-state index >= 15 is 0 Å². The van der Waals surface area contributed by atoms with Gasteiger partial charge in [0.1, 0.15) is 5.75 Å². The number of nitrogens with zero attached hydrogens (tertiary/aromatic N) is 1. The van der Waals surface area contributed by atoms with Crippen LogP contribution in [0.5, 0.6) is 5.75 Å². The second-order valence-electron chi connectivity index (χ2n) is 5.02. The van der Waals surface area contributed by atoms with E-state index in [0.29, 0.717) is 23.4 Å². The lowest BCUT2D eigenvalue weighted by Crippen LogP contribution is -2.31. The van der Waals surface area contributed by atoms with Crippen LogP contribution in [0.25, 0.3) is 0 Å². The van der Waals surface area contributed by atoms with Crippen molar-refractivity contribution in [3.8, 4) is 5.75 Å². The molecule has 2 aromatic carbocycles. The summed E-state index contributed by atoms with van der Waals surface area (Å²) in [6.07, 6.45) is 0.813. The molecule has 1 amide bonds. The Morgan fingerprint density at radius 3 is 2.62 bits per heavy atom. The molecule has 4 heteroatoms. The quantitative estimate of drug-likeness (QED) is 0.846. The molecule has 3 N–H and O–H groups in total. The van der Waals surface area contributed by atoms with Gasteiger partial charge < -0.3 is 15.7 Å². The lowest BCUT2D eigenvalue weighted by Gasteiger charge is -2.23. The maximum absolute atomic E-state index is 12.7. The fourth-order valence-corrected chi connectivity index (χ4v) is 2.24. The van der Waals surface area contributed by atoms with Gasteiger partial charge in [-0.2, -0.15) is 0 Å². The number of hydrogen-bond acceptors (Lipinski definition) is 3. The van der Waals surface area contributed by atoms with E-state index in [-0.39, 0.29) is 11.7 Å². The van der Waals surface area contributed by atoms with Crippen molar-refractivity contribution >= 4 is 17.3 Å². The van der Waals surface area contributed by atoms with Gasteiger partial charge in [0.15, 0.2) is 0 Å². The molecule has 0 aliphatic carbocycles. The van der Waals surface area contributed by atoms with Gasteiger partial charge in [0.05, 0.1) is 5.56 Å². The predicted molar refractivity (Wildman–Crippen MR) is 85.7 cm³/mol. The maximum Gasteiger partial charge on any atom is 0.262 e. The number of aryl methyl sites for hydroxylation is 1. The number of aromatic hydroxyl groups is 1. The number of nitrogen functional groups attached to an aromatic ring is 1. The third-order valence-corrected chi connectivity index (χ3v) is 3.34. The molecule has 0 heterocycles. The van der Waals surface area contributed by atoms with E-state index in [1.165, 1.54) is 0 Å². The van der Waals surface area contributed by atoms with Crippen molar-refractivity contribution in [2.75, 3.05) is 17.2 Å². The van der Waals surface area contributed by atoms with Gasteiger partial charge in [-0.1, -0.05) is 25.1 Å². The first-order valence-electron chi connectivity index (χ1n) is 7.00. The van der Waals surface area contributed by atoms with E-state index in [9.17, 15) is 9.90 Å². The highest BCUT2D eigenvalue weighted by molar-refractivity contribution is 6.08. The number of phenols is 1. The van der Waals surface area contributed by atoms with Crippen LogP contribution in [-0.2, 0) is 0 Å². The van der Waals surface area contributed by atoms with Gasteiger partial charge in [-0.25, -0.2) is 0 Å². The highest BCUT2D eigenvalue weighted by Gasteiger charge is 2.20. The van der Waals surface area contributed by atoms with Crippen LogP contribution in [0.3, 0.4) is 0 Å². The molecule has 2 aromatic rings. The summed E-state index contributed by atoms with van der Waals surface area (Å²) in [4.78, 5) is 14.4. The second kappa shape index (κ2) is 6.31. The fraction of sp³-hybridized carbons (Fsp3) is 0.235. The van der Waals surface area contributed by atoms with Crippen molar-refractivity contribution in [1.29, 1.82) is 0 Å². The van der Waals surface area contributed by atoms with Crippen molar-refractivity contribution in [3.63, 3.8) is 0 Å². The molecule has 0 aliphatic rings. The smallest absolute Gasteiger partial charge is 0.262 e. The lowest BCUT2D eigenvalue weighted by molar-refractivity contribution is 0.0984. The van der Waals surface area contributed by atoms with Gasteiger partial charge in [0.25, 0.3) is 5.91 Å². The molecule has 0 bridgehead atoms. The Morgan fingerprint density at radius 2 is 1.95 bits per heavy atom. The largest absolute Gasteiger partial charge is 0.507 e. The lowest BCUT2D eigenvalue weighted by atomic mass is 10.1. The maximum atomic E-state index is 12.7. The molecule has 0 radical (unpaired) electrons. The Balaban J connectivity index is 2.42. The van der Waals surface area contributed by atoms with E-state index in [2.05, 4.69) is 0 Å². The van der Waals surface area contributed by atoms with E-state index in [1.807, 2.05) is 19.1 Å². The van der Waals surface area contributed by atoms with Crippen LogP contribution in [0.15, 0.2) is 42.5 Å². The number of amides is 1. The van der Waals surface area contributed by atoms with Crippen LogP contribution < -0.4 is 10.6 Å². The molecule has 0 unspecified atom stereocenters. The number of hydrogen-bond donors (Lipinski definition) is 2. The number of para-hydroxylation sites is 1. The molecular formula is C17H20N2O2. The molecule has 0 aliphatic heterocycles. The fourth-order valence-electron chi connectivity index (χ4n) is 2.24. The predicted octanol–water partition coefficient (Wildman–Crippen LogP) is 3.34. The van der Waals surface area contributed by atoms with Gasteiger partial charge in [-0.05, 0) is 43.2 Å². The Bertz CT molecular complexity index is 653. The number of benzene rings is 2. The van der Waals surface area contributed by atoms with Crippen LogP contribution in [0.4, 0.5) is 11.4 Å². The van der Waals surface area contributed by atoms with Crippen LogP contribution in [-0.4, -0.2) is 17.6 Å². The van der Waals surface area contributed by atoms with Crippen LogP contribution in [0.2, 0.25) is 0 Å². The first-order chi connectivity index (χ1) is 10.0. The normalized spacial score (nSPS) is 10.4. The van der Waals surface area contributed by atoms with E-state index in [4.69, 9.17) is 5.73 Å². The SMILES string of the molecule is CCCN(C(=O)c1cccc(C)c1O)c1cccc(N)c1. The standard InChI is InChI=1S/C17H20N2O2/c1-3-10-19(14-8-5-7-13(18)11-14)17(21)15-9-4-6-12(2)16(15)20/h4-9,11,20H,3,10,18H2,1-2H3.